The molecule has 2 aromatic rings. The van der Waals surface area contributed by atoms with Crippen molar-refractivity contribution >= 4 is 0 Å². The maximum absolute atomic E-state index is 13.1. The standard InChI is InChI=1S/C16H17F2NO2/c1-2-5-21-13-8-12(9-19-10-13)16(20)7-11-3-4-14(17)15(18)6-11/h3-4,6,8-10,16,20H,2,5,7H2,1H3. The van der Waals surface area contributed by atoms with Crippen LogP contribution in [0.4, 0.5) is 8.78 Å². The SMILES string of the molecule is CCCOc1cncc(C(O)Cc2ccc(F)c(F)c2)c1. The van der Waals surface area contributed by atoms with Crippen LogP contribution < -0.4 is 4.74 Å². The molecule has 1 heterocycles. The summed E-state index contributed by atoms with van der Waals surface area (Å²) in [6.07, 6.45) is 3.30. The molecule has 112 valence electrons. The van der Waals surface area contributed by atoms with Gasteiger partial charge in [-0.1, -0.05) is 13.0 Å². The molecule has 0 aliphatic carbocycles. The summed E-state index contributed by atoms with van der Waals surface area (Å²) >= 11 is 0. The number of nitrogens with zero attached hydrogens (tertiary/aromatic N) is 1. The highest BCUT2D eigenvalue weighted by molar-refractivity contribution is 5.27. The van der Waals surface area contributed by atoms with Crippen molar-refractivity contribution in [2.24, 2.45) is 0 Å². The van der Waals surface area contributed by atoms with Gasteiger partial charge in [0.05, 0.1) is 18.9 Å². The van der Waals surface area contributed by atoms with Crippen LogP contribution in [0.5, 0.6) is 5.75 Å². The summed E-state index contributed by atoms with van der Waals surface area (Å²) in [5.74, 6) is -1.23. The van der Waals surface area contributed by atoms with E-state index in [0.717, 1.165) is 18.6 Å². The topological polar surface area (TPSA) is 42.4 Å². The molecular formula is C16H17F2NO2. The number of halogens is 2. The lowest BCUT2D eigenvalue weighted by Crippen LogP contribution is -2.04. The fraction of sp³-hybridized carbons (Fsp3) is 0.312. The van der Waals surface area contributed by atoms with Crippen molar-refractivity contribution in [1.82, 2.24) is 4.98 Å². The molecule has 5 heteroatoms. The first-order valence-electron chi connectivity index (χ1n) is 6.80. The first-order valence-corrected chi connectivity index (χ1v) is 6.80. The number of aliphatic hydroxyl groups is 1. The minimum Gasteiger partial charge on any atom is -0.492 e. The summed E-state index contributed by atoms with van der Waals surface area (Å²) in [6.45, 7) is 2.57. The first kappa shape index (κ1) is 15.4. The summed E-state index contributed by atoms with van der Waals surface area (Å²) in [4.78, 5) is 4.01. The Morgan fingerprint density at radius 1 is 1.19 bits per heavy atom. The molecule has 1 aromatic heterocycles. The van der Waals surface area contributed by atoms with Gasteiger partial charge < -0.3 is 9.84 Å². The van der Waals surface area contributed by atoms with E-state index in [1.807, 2.05) is 6.92 Å². The van der Waals surface area contributed by atoms with E-state index in [1.54, 1.807) is 12.3 Å². The van der Waals surface area contributed by atoms with Crippen LogP contribution in [0, 0.1) is 11.6 Å². The molecule has 2 rings (SSSR count). The van der Waals surface area contributed by atoms with Crippen LogP contribution in [0.2, 0.25) is 0 Å². The molecule has 0 radical (unpaired) electrons. The Morgan fingerprint density at radius 3 is 2.71 bits per heavy atom. The highest BCUT2D eigenvalue weighted by Crippen LogP contribution is 2.22. The van der Waals surface area contributed by atoms with Gasteiger partial charge in [0.2, 0.25) is 0 Å². The van der Waals surface area contributed by atoms with Gasteiger partial charge in [-0.3, -0.25) is 4.98 Å². The third-order valence-electron chi connectivity index (χ3n) is 3.00. The van der Waals surface area contributed by atoms with Crippen LogP contribution in [-0.4, -0.2) is 16.7 Å². The first-order chi connectivity index (χ1) is 10.1. The lowest BCUT2D eigenvalue weighted by molar-refractivity contribution is 0.177. The zero-order chi connectivity index (χ0) is 15.2. The van der Waals surface area contributed by atoms with Crippen molar-refractivity contribution in [3.8, 4) is 5.75 Å². The van der Waals surface area contributed by atoms with Crippen molar-refractivity contribution in [3.05, 3.63) is 59.4 Å². The van der Waals surface area contributed by atoms with Crippen molar-refractivity contribution in [1.29, 1.82) is 0 Å². The molecule has 0 saturated heterocycles. The largest absolute Gasteiger partial charge is 0.492 e. The Hall–Kier alpha value is -2.01. The monoisotopic (exact) mass is 293 g/mol. The maximum Gasteiger partial charge on any atom is 0.159 e. The van der Waals surface area contributed by atoms with Crippen molar-refractivity contribution in [2.45, 2.75) is 25.9 Å². The lowest BCUT2D eigenvalue weighted by Gasteiger charge is -2.12. The van der Waals surface area contributed by atoms with Gasteiger partial charge >= 0.3 is 0 Å². The summed E-state index contributed by atoms with van der Waals surface area (Å²) in [5, 5.41) is 10.2. The van der Waals surface area contributed by atoms with Crippen molar-refractivity contribution in [2.75, 3.05) is 6.61 Å². The minimum absolute atomic E-state index is 0.177. The molecule has 0 saturated carbocycles. The summed E-state index contributed by atoms with van der Waals surface area (Å²) in [6, 6.07) is 5.29. The number of hydrogen-bond acceptors (Lipinski definition) is 3. The molecule has 0 aliphatic heterocycles. The predicted molar refractivity (Wildman–Crippen MR) is 75.0 cm³/mol. The second-order valence-corrected chi connectivity index (χ2v) is 4.77. The molecule has 1 unspecified atom stereocenters. The van der Waals surface area contributed by atoms with Gasteiger partial charge in [0.25, 0.3) is 0 Å². The fourth-order valence-corrected chi connectivity index (χ4v) is 1.92. The quantitative estimate of drug-likeness (QED) is 0.887. The van der Waals surface area contributed by atoms with Gasteiger partial charge in [-0.05, 0) is 30.2 Å². The number of hydrogen-bond donors (Lipinski definition) is 1. The molecule has 1 atom stereocenters. The number of benzene rings is 1. The van der Waals surface area contributed by atoms with E-state index in [-0.39, 0.29) is 6.42 Å². The van der Waals surface area contributed by atoms with E-state index >= 15 is 0 Å². The normalized spacial score (nSPS) is 12.2. The lowest BCUT2D eigenvalue weighted by atomic mass is 10.0. The molecule has 21 heavy (non-hydrogen) atoms. The molecule has 3 nitrogen and oxygen atoms in total. The Kier molecular flexibility index (Phi) is 5.22. The molecule has 0 bridgehead atoms. The van der Waals surface area contributed by atoms with Crippen LogP contribution in [-0.2, 0) is 6.42 Å². The van der Waals surface area contributed by atoms with Crippen LogP contribution in [0.1, 0.15) is 30.6 Å². The third-order valence-corrected chi connectivity index (χ3v) is 3.00. The highest BCUT2D eigenvalue weighted by atomic mass is 19.2. The number of rotatable bonds is 6. The minimum atomic E-state index is -0.919. The van der Waals surface area contributed by atoms with Gasteiger partial charge in [0, 0.05) is 18.2 Å². The van der Waals surface area contributed by atoms with Gasteiger partial charge in [0.15, 0.2) is 11.6 Å². The molecule has 0 spiro atoms. The van der Waals surface area contributed by atoms with E-state index in [4.69, 9.17) is 4.74 Å². The summed E-state index contributed by atoms with van der Waals surface area (Å²) < 4.78 is 31.5. The maximum atomic E-state index is 13.1. The van der Waals surface area contributed by atoms with Gasteiger partial charge in [0.1, 0.15) is 5.75 Å². The van der Waals surface area contributed by atoms with E-state index in [0.29, 0.717) is 23.5 Å². The Morgan fingerprint density at radius 2 is 2.00 bits per heavy atom. The van der Waals surface area contributed by atoms with Crippen molar-refractivity contribution in [3.63, 3.8) is 0 Å². The highest BCUT2D eigenvalue weighted by Gasteiger charge is 2.12. The van der Waals surface area contributed by atoms with Crippen LogP contribution >= 0.6 is 0 Å². The van der Waals surface area contributed by atoms with Gasteiger partial charge in [-0.25, -0.2) is 8.78 Å². The number of pyridine rings is 1. The second kappa shape index (κ2) is 7.13. The molecule has 1 aromatic carbocycles. The van der Waals surface area contributed by atoms with E-state index in [9.17, 15) is 13.9 Å². The van der Waals surface area contributed by atoms with Crippen LogP contribution in [0.25, 0.3) is 0 Å². The van der Waals surface area contributed by atoms with E-state index < -0.39 is 17.7 Å². The summed E-state index contributed by atoms with van der Waals surface area (Å²) in [5.41, 5.74) is 1.09. The zero-order valence-corrected chi connectivity index (χ0v) is 11.7. The average molecular weight is 293 g/mol. The van der Waals surface area contributed by atoms with Crippen LogP contribution in [0.15, 0.2) is 36.7 Å². The van der Waals surface area contributed by atoms with E-state index in [1.165, 1.54) is 12.3 Å². The Bertz CT molecular complexity index is 605. The third kappa shape index (κ3) is 4.23. The Balaban J connectivity index is 2.08. The predicted octanol–water partition coefficient (Wildman–Crippen LogP) is 3.42. The van der Waals surface area contributed by atoms with E-state index in [2.05, 4.69) is 4.98 Å². The van der Waals surface area contributed by atoms with Gasteiger partial charge in [-0.15, -0.1) is 0 Å². The Labute approximate surface area is 122 Å². The van der Waals surface area contributed by atoms with Crippen molar-refractivity contribution < 1.29 is 18.6 Å². The summed E-state index contributed by atoms with van der Waals surface area (Å²) in [7, 11) is 0. The number of ether oxygens (including phenoxy) is 1. The smallest absolute Gasteiger partial charge is 0.159 e. The zero-order valence-electron chi connectivity index (χ0n) is 11.7. The fourth-order valence-electron chi connectivity index (χ4n) is 1.92. The second-order valence-electron chi connectivity index (χ2n) is 4.77. The average Bonchev–Trinajstić information content (AvgIpc) is 2.49. The molecular weight excluding hydrogens is 276 g/mol. The molecule has 0 aliphatic rings. The van der Waals surface area contributed by atoms with Gasteiger partial charge in [-0.2, -0.15) is 0 Å². The molecule has 0 amide bonds. The molecule has 0 fully saturated rings. The number of aromatic nitrogens is 1. The van der Waals surface area contributed by atoms with Crippen LogP contribution in [0.3, 0.4) is 0 Å². The number of aliphatic hydroxyl groups excluding tert-OH is 1. The molecule has 1 N–H and O–H groups in total.